The monoisotopic (exact) mass is 421 g/mol. The van der Waals surface area contributed by atoms with E-state index in [4.69, 9.17) is 0 Å². The van der Waals surface area contributed by atoms with Crippen molar-refractivity contribution in [1.29, 1.82) is 0 Å². The van der Waals surface area contributed by atoms with Crippen LogP contribution in [0.25, 0.3) is 10.9 Å². The van der Waals surface area contributed by atoms with Gasteiger partial charge in [-0.05, 0) is 73.8 Å². The highest BCUT2D eigenvalue weighted by Gasteiger charge is 2.56. The fraction of sp³-hybridized carbons (Fsp3) is 0.640. The maximum Gasteiger partial charge on any atom is 0.303 e. The van der Waals surface area contributed by atoms with Crippen LogP contribution in [0.1, 0.15) is 87.8 Å². The number of carbonyl (C=O) groups is 2. The number of nitrogens with zero attached hydrogens (tertiary/aromatic N) is 2. The molecule has 3 atom stereocenters. The van der Waals surface area contributed by atoms with E-state index in [0.717, 1.165) is 43.3 Å². The smallest absolute Gasteiger partial charge is 0.303 e. The molecule has 2 saturated heterocycles. The molecule has 6 heteroatoms. The molecule has 6 nitrogen and oxygen atoms in total. The van der Waals surface area contributed by atoms with Gasteiger partial charge in [0.1, 0.15) is 0 Å². The summed E-state index contributed by atoms with van der Waals surface area (Å²) in [4.78, 5) is 27.1. The third kappa shape index (κ3) is 3.17. The van der Waals surface area contributed by atoms with Crippen molar-refractivity contribution in [3.63, 3.8) is 0 Å². The third-order valence-electron chi connectivity index (χ3n) is 8.49. The Labute approximate surface area is 182 Å². The van der Waals surface area contributed by atoms with Crippen LogP contribution < -0.4 is 0 Å². The maximum absolute atomic E-state index is 13.5. The zero-order valence-corrected chi connectivity index (χ0v) is 18.1. The molecule has 2 aromatic rings. The Morgan fingerprint density at radius 2 is 1.97 bits per heavy atom. The molecular weight excluding hydrogens is 390 g/mol. The summed E-state index contributed by atoms with van der Waals surface area (Å²) < 4.78 is 0. The quantitative estimate of drug-likeness (QED) is 0.715. The molecule has 3 saturated carbocycles. The Morgan fingerprint density at radius 3 is 2.65 bits per heavy atom. The van der Waals surface area contributed by atoms with Crippen LogP contribution in [-0.2, 0) is 9.59 Å². The summed E-state index contributed by atoms with van der Waals surface area (Å²) in [6.07, 6.45) is 8.09. The van der Waals surface area contributed by atoms with Crippen molar-refractivity contribution >= 4 is 22.8 Å². The number of carboxylic acids is 1. The van der Waals surface area contributed by atoms with Crippen molar-refractivity contribution in [2.24, 2.45) is 11.3 Å². The van der Waals surface area contributed by atoms with Crippen molar-refractivity contribution in [2.75, 3.05) is 0 Å². The number of benzene rings is 1. The number of aromatic amines is 1. The van der Waals surface area contributed by atoms with Gasteiger partial charge in [0.25, 0.3) is 0 Å². The standard InChI is InChI=1S/C25H31N3O3/c1-14(24-23-19(16-5-6-16)3-2-4-20(23)26-27-24)7-21(29)28-17-8-15-9-18(28)12-25(10-15,11-17)13-22(30)31/h2-4,14-18H,5-13H2,1H3,(H,26,27)(H,30,31). The Balaban J connectivity index is 1.22. The van der Waals surface area contributed by atoms with Gasteiger partial charge < -0.3 is 10.0 Å². The zero-order chi connectivity index (χ0) is 21.3. The minimum Gasteiger partial charge on any atom is -0.481 e. The molecule has 3 heterocycles. The highest BCUT2D eigenvalue weighted by molar-refractivity contribution is 5.87. The predicted molar refractivity (Wildman–Crippen MR) is 117 cm³/mol. The Morgan fingerprint density at radius 1 is 1.23 bits per heavy atom. The van der Waals surface area contributed by atoms with Gasteiger partial charge in [0, 0.05) is 29.8 Å². The lowest BCUT2D eigenvalue weighted by Gasteiger charge is -2.61. The predicted octanol–water partition coefficient (Wildman–Crippen LogP) is 4.57. The third-order valence-corrected chi connectivity index (χ3v) is 8.49. The van der Waals surface area contributed by atoms with Crippen LogP contribution in [0.4, 0.5) is 0 Å². The number of fused-ring (bicyclic) bond motifs is 1. The minimum atomic E-state index is -0.690. The number of piperidine rings is 2. The Hall–Kier alpha value is -2.37. The van der Waals surface area contributed by atoms with Crippen LogP contribution in [0.2, 0.25) is 0 Å². The van der Waals surface area contributed by atoms with Gasteiger partial charge >= 0.3 is 5.97 Å². The van der Waals surface area contributed by atoms with Crippen molar-refractivity contribution in [3.05, 3.63) is 29.5 Å². The van der Waals surface area contributed by atoms with E-state index < -0.39 is 5.97 Å². The second-order valence-corrected chi connectivity index (χ2v) is 10.9. The van der Waals surface area contributed by atoms with Crippen molar-refractivity contribution in [1.82, 2.24) is 15.1 Å². The topological polar surface area (TPSA) is 86.3 Å². The van der Waals surface area contributed by atoms with Crippen LogP contribution in [-0.4, -0.2) is 44.2 Å². The normalized spacial score (nSPS) is 32.5. The number of carboxylic acid groups (broad SMARTS) is 1. The summed E-state index contributed by atoms with van der Waals surface area (Å²) in [5, 5.41) is 18.5. The number of hydrogen-bond acceptors (Lipinski definition) is 3. The summed E-state index contributed by atoms with van der Waals surface area (Å²) in [5.74, 6) is 0.833. The molecule has 0 spiro atoms. The first-order chi connectivity index (χ1) is 14.9. The number of nitrogens with one attached hydrogen (secondary N) is 1. The maximum atomic E-state index is 13.5. The van der Waals surface area contributed by atoms with E-state index in [1.54, 1.807) is 0 Å². The van der Waals surface area contributed by atoms with Gasteiger partial charge in [-0.1, -0.05) is 19.1 Å². The van der Waals surface area contributed by atoms with Crippen molar-refractivity contribution < 1.29 is 14.7 Å². The van der Waals surface area contributed by atoms with Crippen LogP contribution in [0, 0.1) is 11.3 Å². The SMILES string of the molecule is CC(CC(=O)N1C2CC3CC1CC(CC(=O)O)(C3)C2)c1n[nH]c2cccc(C3CC3)c12. The van der Waals surface area contributed by atoms with Gasteiger partial charge in [-0.25, -0.2) is 0 Å². The number of carbonyl (C=O) groups excluding carboxylic acids is 1. The molecule has 31 heavy (non-hydrogen) atoms. The molecule has 164 valence electrons. The first-order valence-corrected chi connectivity index (χ1v) is 11.9. The van der Waals surface area contributed by atoms with Gasteiger partial charge in [0.2, 0.25) is 5.91 Å². The number of rotatable bonds is 6. The number of aromatic nitrogens is 2. The number of hydrogen-bond donors (Lipinski definition) is 2. The molecule has 1 aromatic carbocycles. The molecule has 7 rings (SSSR count). The van der Waals surface area contributed by atoms with E-state index in [1.807, 2.05) is 0 Å². The van der Waals surface area contributed by atoms with E-state index in [0.29, 0.717) is 18.3 Å². The lowest BCUT2D eigenvalue weighted by atomic mass is 9.54. The molecule has 5 fully saturated rings. The highest BCUT2D eigenvalue weighted by Crippen LogP contribution is 2.58. The first-order valence-electron chi connectivity index (χ1n) is 11.9. The zero-order valence-electron chi connectivity index (χ0n) is 18.1. The van der Waals surface area contributed by atoms with Crippen molar-refractivity contribution in [3.8, 4) is 0 Å². The lowest BCUT2D eigenvalue weighted by molar-refractivity contribution is -0.163. The van der Waals surface area contributed by atoms with Gasteiger partial charge in [-0.15, -0.1) is 0 Å². The van der Waals surface area contributed by atoms with Gasteiger partial charge in [0.15, 0.2) is 0 Å². The molecule has 2 aliphatic heterocycles. The fourth-order valence-electron chi connectivity index (χ4n) is 7.41. The van der Waals surface area contributed by atoms with Crippen LogP contribution in [0.15, 0.2) is 18.2 Å². The summed E-state index contributed by atoms with van der Waals surface area (Å²) in [6, 6.07) is 6.85. The molecule has 4 bridgehead atoms. The van der Waals surface area contributed by atoms with Gasteiger partial charge in [0.05, 0.1) is 17.6 Å². The van der Waals surface area contributed by atoms with E-state index in [2.05, 4.69) is 40.2 Å². The molecule has 1 aromatic heterocycles. The summed E-state index contributed by atoms with van der Waals surface area (Å²) in [6.45, 7) is 2.13. The van der Waals surface area contributed by atoms with Crippen LogP contribution >= 0.6 is 0 Å². The summed E-state index contributed by atoms with van der Waals surface area (Å²) in [5.41, 5.74) is 3.40. The second-order valence-electron chi connectivity index (χ2n) is 10.9. The van der Waals surface area contributed by atoms with Crippen LogP contribution in [0.5, 0.6) is 0 Å². The minimum absolute atomic E-state index is 0.0614. The molecule has 3 aliphatic carbocycles. The molecule has 1 amide bonds. The molecule has 5 aliphatic rings. The summed E-state index contributed by atoms with van der Waals surface area (Å²) >= 11 is 0. The fourth-order valence-corrected chi connectivity index (χ4v) is 7.41. The average molecular weight is 422 g/mol. The largest absolute Gasteiger partial charge is 0.481 e. The Kier molecular flexibility index (Phi) is 4.25. The molecule has 3 unspecified atom stereocenters. The first kappa shape index (κ1) is 19.3. The molecular formula is C25H31N3O3. The molecule has 2 N–H and O–H groups in total. The highest BCUT2D eigenvalue weighted by atomic mass is 16.4. The lowest BCUT2D eigenvalue weighted by Crippen LogP contribution is -2.63. The van der Waals surface area contributed by atoms with E-state index in [-0.39, 0.29) is 35.7 Å². The molecule has 0 radical (unpaired) electrons. The van der Waals surface area contributed by atoms with E-state index in [1.165, 1.54) is 23.8 Å². The van der Waals surface area contributed by atoms with E-state index in [9.17, 15) is 14.7 Å². The van der Waals surface area contributed by atoms with Crippen molar-refractivity contribution in [2.45, 2.75) is 88.6 Å². The van der Waals surface area contributed by atoms with Gasteiger partial charge in [-0.2, -0.15) is 5.10 Å². The number of aliphatic carboxylic acids is 1. The second kappa shape index (κ2) is 6.81. The summed E-state index contributed by atoms with van der Waals surface area (Å²) in [7, 11) is 0. The average Bonchev–Trinajstić information content (AvgIpc) is 3.43. The van der Waals surface area contributed by atoms with Crippen LogP contribution in [0.3, 0.4) is 0 Å². The number of amides is 1. The van der Waals surface area contributed by atoms with Gasteiger partial charge in [-0.3, -0.25) is 14.7 Å². The van der Waals surface area contributed by atoms with E-state index >= 15 is 0 Å². The number of H-pyrrole nitrogens is 1. The Bertz CT molecular complexity index is 1040.